The second-order valence-electron chi connectivity index (χ2n) is 7.41. The summed E-state index contributed by atoms with van der Waals surface area (Å²) < 4.78 is 69.5. The van der Waals surface area contributed by atoms with Crippen molar-refractivity contribution in [2.24, 2.45) is 0 Å². The van der Waals surface area contributed by atoms with Crippen LogP contribution in [-0.2, 0) is 14.3 Å². The number of aliphatic carboxylic acids is 2. The maximum atomic E-state index is 12.5. The van der Waals surface area contributed by atoms with Gasteiger partial charge in [-0.2, -0.15) is 26.3 Å². The van der Waals surface area contributed by atoms with Crippen LogP contribution in [0.5, 0.6) is 0 Å². The van der Waals surface area contributed by atoms with Gasteiger partial charge in [0.1, 0.15) is 0 Å². The maximum Gasteiger partial charge on any atom is 0.490 e. The fraction of sp³-hybridized carbons (Fsp3) is 0.579. The number of ether oxygens (including phenoxy) is 1. The normalized spacial score (nSPS) is 18.1. The first-order valence-corrected chi connectivity index (χ1v) is 9.69. The van der Waals surface area contributed by atoms with Crippen molar-refractivity contribution in [3.8, 4) is 0 Å². The summed E-state index contributed by atoms with van der Waals surface area (Å²) >= 11 is 0. The van der Waals surface area contributed by atoms with Gasteiger partial charge in [-0.15, -0.1) is 0 Å². The molecule has 2 aliphatic rings. The van der Waals surface area contributed by atoms with Crippen molar-refractivity contribution >= 4 is 17.8 Å². The van der Waals surface area contributed by atoms with Gasteiger partial charge in [0.05, 0.1) is 24.3 Å². The van der Waals surface area contributed by atoms with Gasteiger partial charge in [0.25, 0.3) is 5.91 Å². The van der Waals surface area contributed by atoms with Crippen LogP contribution in [0.3, 0.4) is 0 Å². The number of piperidine rings is 1. The van der Waals surface area contributed by atoms with Crippen LogP contribution in [-0.4, -0.2) is 101 Å². The number of carbonyl (C=O) groups is 3. The number of carboxylic acid groups (broad SMARTS) is 2. The highest BCUT2D eigenvalue weighted by atomic mass is 19.4. The van der Waals surface area contributed by atoms with E-state index in [0.717, 1.165) is 25.9 Å². The number of hydrogen-bond acceptors (Lipinski definition) is 6. The molecule has 1 amide bonds. The van der Waals surface area contributed by atoms with Gasteiger partial charge in [-0.05, 0) is 32.0 Å². The first kappa shape index (κ1) is 29.1. The van der Waals surface area contributed by atoms with Gasteiger partial charge >= 0.3 is 24.3 Å². The van der Waals surface area contributed by atoms with Gasteiger partial charge in [-0.1, -0.05) is 0 Å². The highest BCUT2D eigenvalue weighted by Gasteiger charge is 2.41. The predicted octanol–water partition coefficient (Wildman–Crippen LogP) is 2.28. The number of hydrogen-bond donors (Lipinski definition) is 2. The Balaban J connectivity index is 0.000000343. The number of likely N-dealkylation sites (tertiary alicyclic amines) is 1. The SMILES string of the molecule is CN1CCC2(CC1)CN(C(=O)c1cccnc1)CCO2.O=C(O)C(F)(F)F.O=C(O)C(F)(F)F. The van der Waals surface area contributed by atoms with Gasteiger partial charge in [0, 0.05) is 32.0 Å². The monoisotopic (exact) mass is 503 g/mol. The van der Waals surface area contributed by atoms with E-state index in [1.165, 1.54) is 0 Å². The largest absolute Gasteiger partial charge is 0.490 e. The topological polar surface area (TPSA) is 120 Å². The van der Waals surface area contributed by atoms with Crippen LogP contribution in [0.4, 0.5) is 26.3 Å². The number of amides is 1. The minimum absolute atomic E-state index is 0.0692. The fourth-order valence-corrected chi connectivity index (χ4v) is 3.02. The van der Waals surface area contributed by atoms with E-state index in [4.69, 9.17) is 24.5 Å². The average Bonchev–Trinajstić information content (AvgIpc) is 2.76. The number of nitrogens with zero attached hydrogens (tertiary/aromatic N) is 3. The Kier molecular flexibility index (Phi) is 10.2. The van der Waals surface area contributed by atoms with Crippen LogP contribution < -0.4 is 0 Å². The van der Waals surface area contributed by atoms with Crippen LogP contribution >= 0.6 is 0 Å². The smallest absolute Gasteiger partial charge is 0.475 e. The van der Waals surface area contributed by atoms with Gasteiger partial charge < -0.3 is 24.7 Å². The molecular formula is C19H23F6N3O6. The molecule has 3 heterocycles. The molecule has 2 N–H and O–H groups in total. The lowest BCUT2D eigenvalue weighted by Crippen LogP contribution is -2.57. The highest BCUT2D eigenvalue weighted by Crippen LogP contribution is 2.30. The fourth-order valence-electron chi connectivity index (χ4n) is 3.02. The molecule has 2 fully saturated rings. The summed E-state index contributed by atoms with van der Waals surface area (Å²) in [5, 5.41) is 14.2. The minimum atomic E-state index is -5.08. The zero-order valence-corrected chi connectivity index (χ0v) is 17.9. The van der Waals surface area contributed by atoms with E-state index in [-0.39, 0.29) is 11.5 Å². The Morgan fingerprint density at radius 1 is 1.00 bits per heavy atom. The number of alkyl halides is 6. The molecule has 2 saturated heterocycles. The zero-order chi connectivity index (χ0) is 26.2. The van der Waals surface area contributed by atoms with Crippen molar-refractivity contribution in [2.75, 3.05) is 39.8 Å². The summed E-state index contributed by atoms with van der Waals surface area (Å²) in [6, 6.07) is 3.63. The van der Waals surface area contributed by atoms with E-state index >= 15 is 0 Å². The molecule has 0 saturated carbocycles. The van der Waals surface area contributed by atoms with Crippen molar-refractivity contribution < 1.29 is 55.7 Å². The van der Waals surface area contributed by atoms with Crippen LogP contribution in [0.2, 0.25) is 0 Å². The van der Waals surface area contributed by atoms with Crippen molar-refractivity contribution in [1.82, 2.24) is 14.8 Å². The Bertz CT molecular complexity index is 802. The lowest BCUT2D eigenvalue weighted by Gasteiger charge is -2.46. The Labute approximate surface area is 189 Å². The van der Waals surface area contributed by atoms with E-state index in [2.05, 4.69) is 16.9 Å². The number of aromatic nitrogens is 1. The van der Waals surface area contributed by atoms with Gasteiger partial charge in [0.15, 0.2) is 0 Å². The molecule has 0 aliphatic carbocycles. The molecule has 2 aliphatic heterocycles. The van der Waals surface area contributed by atoms with E-state index < -0.39 is 24.3 Å². The summed E-state index contributed by atoms with van der Waals surface area (Å²) in [7, 11) is 2.13. The molecular weight excluding hydrogens is 480 g/mol. The predicted molar refractivity (Wildman–Crippen MR) is 103 cm³/mol. The second kappa shape index (κ2) is 12.0. The van der Waals surface area contributed by atoms with Crippen molar-refractivity contribution in [3.05, 3.63) is 30.1 Å². The number of rotatable bonds is 1. The third-order valence-electron chi connectivity index (χ3n) is 4.83. The zero-order valence-electron chi connectivity index (χ0n) is 17.9. The summed E-state index contributed by atoms with van der Waals surface area (Å²) in [6.45, 7) is 4.08. The molecule has 1 aromatic rings. The first-order chi connectivity index (χ1) is 15.6. The number of carbonyl (C=O) groups excluding carboxylic acids is 1. The molecule has 0 unspecified atom stereocenters. The summed E-state index contributed by atoms with van der Waals surface area (Å²) in [5.41, 5.74) is 0.528. The van der Waals surface area contributed by atoms with Gasteiger partial charge in [-0.3, -0.25) is 9.78 Å². The van der Waals surface area contributed by atoms with E-state index in [1.54, 1.807) is 18.5 Å². The van der Waals surface area contributed by atoms with Crippen molar-refractivity contribution in [1.29, 1.82) is 0 Å². The molecule has 0 atom stereocenters. The van der Waals surface area contributed by atoms with Crippen LogP contribution in [0.15, 0.2) is 24.5 Å². The third-order valence-corrected chi connectivity index (χ3v) is 4.83. The van der Waals surface area contributed by atoms with Crippen LogP contribution in [0.1, 0.15) is 23.2 Å². The molecule has 15 heteroatoms. The first-order valence-electron chi connectivity index (χ1n) is 9.69. The van der Waals surface area contributed by atoms with E-state index in [0.29, 0.717) is 25.3 Å². The second-order valence-corrected chi connectivity index (χ2v) is 7.41. The van der Waals surface area contributed by atoms with Crippen molar-refractivity contribution in [3.63, 3.8) is 0 Å². The molecule has 3 rings (SSSR count). The summed E-state index contributed by atoms with van der Waals surface area (Å²) in [5.74, 6) is -5.44. The Morgan fingerprint density at radius 2 is 1.50 bits per heavy atom. The molecule has 1 aromatic heterocycles. The molecule has 1 spiro atoms. The molecule has 0 bridgehead atoms. The number of pyridine rings is 1. The summed E-state index contributed by atoms with van der Waals surface area (Å²) in [6.07, 6.45) is -4.84. The number of morpholine rings is 1. The van der Waals surface area contributed by atoms with Crippen LogP contribution in [0, 0.1) is 0 Å². The lowest BCUT2D eigenvalue weighted by molar-refractivity contribution is -0.193. The van der Waals surface area contributed by atoms with Gasteiger partial charge in [-0.25, -0.2) is 9.59 Å². The molecule has 34 heavy (non-hydrogen) atoms. The van der Waals surface area contributed by atoms with Crippen molar-refractivity contribution in [2.45, 2.75) is 30.8 Å². The number of carboxylic acids is 2. The number of halogens is 6. The van der Waals surface area contributed by atoms with Gasteiger partial charge in [0.2, 0.25) is 0 Å². The summed E-state index contributed by atoms with van der Waals surface area (Å²) in [4.78, 5) is 38.6. The average molecular weight is 503 g/mol. The van der Waals surface area contributed by atoms with E-state index in [1.807, 2.05) is 11.0 Å². The Morgan fingerprint density at radius 3 is 1.91 bits per heavy atom. The molecule has 0 radical (unpaired) electrons. The molecule has 192 valence electrons. The molecule has 0 aromatic carbocycles. The third kappa shape index (κ3) is 9.51. The standard InChI is InChI=1S/C15H21N3O2.2C2HF3O2/c1-17-7-4-15(5-8-17)12-18(9-10-20-15)14(19)13-3-2-6-16-11-13;2*3-2(4,5)1(6)7/h2-3,6,11H,4-5,7-10,12H2,1H3;2*(H,6,7). The van der Waals surface area contributed by atoms with Crippen LogP contribution in [0.25, 0.3) is 0 Å². The lowest BCUT2D eigenvalue weighted by atomic mass is 9.89. The van der Waals surface area contributed by atoms with E-state index in [9.17, 15) is 31.1 Å². The molecule has 9 nitrogen and oxygen atoms in total. The maximum absolute atomic E-state index is 12.5. The highest BCUT2D eigenvalue weighted by molar-refractivity contribution is 5.94. The Hall–Kier alpha value is -2.94. The minimum Gasteiger partial charge on any atom is -0.475 e. The quantitative estimate of drug-likeness (QED) is 0.561.